The zero-order chi connectivity index (χ0) is 14.2. The summed E-state index contributed by atoms with van der Waals surface area (Å²) in [6.07, 6.45) is 2.45. The van der Waals surface area contributed by atoms with Crippen LogP contribution in [0, 0.1) is 19.7 Å². The molecule has 19 heavy (non-hydrogen) atoms. The van der Waals surface area contributed by atoms with E-state index in [-0.39, 0.29) is 6.54 Å². The van der Waals surface area contributed by atoms with Crippen LogP contribution in [-0.2, 0) is 6.54 Å². The number of halogens is 1. The first kappa shape index (κ1) is 13.0. The van der Waals surface area contributed by atoms with Gasteiger partial charge in [0.2, 0.25) is 5.82 Å². The first-order valence-electron chi connectivity index (χ1n) is 5.60. The van der Waals surface area contributed by atoms with Gasteiger partial charge < -0.3 is 5.73 Å². The zero-order valence-electron chi connectivity index (χ0n) is 10.5. The van der Waals surface area contributed by atoms with Crippen molar-refractivity contribution in [2.24, 2.45) is 0 Å². The molecule has 0 aliphatic rings. The van der Waals surface area contributed by atoms with Crippen LogP contribution in [0.25, 0.3) is 0 Å². The maximum atomic E-state index is 13.2. The summed E-state index contributed by atoms with van der Waals surface area (Å²) in [7, 11) is 0. The van der Waals surface area contributed by atoms with Gasteiger partial charge in [0, 0.05) is 11.9 Å². The van der Waals surface area contributed by atoms with E-state index in [0.29, 0.717) is 11.4 Å². The van der Waals surface area contributed by atoms with Crippen molar-refractivity contribution in [1.82, 2.24) is 14.5 Å². The summed E-state index contributed by atoms with van der Waals surface area (Å²) in [5.74, 6) is -1.02. The monoisotopic (exact) mass is 264 g/mol. The summed E-state index contributed by atoms with van der Waals surface area (Å²) < 4.78 is 14.2. The average Bonchev–Trinajstić information content (AvgIpc) is 2.36. The van der Waals surface area contributed by atoms with Gasteiger partial charge in [-0.15, -0.1) is 0 Å². The number of H-pyrrole nitrogens is 1. The van der Waals surface area contributed by atoms with E-state index in [4.69, 9.17) is 5.73 Å². The molecule has 0 aliphatic carbocycles. The molecule has 0 atom stereocenters. The number of hydrogen-bond acceptors (Lipinski definition) is 4. The lowest BCUT2D eigenvalue weighted by atomic mass is 10.1. The van der Waals surface area contributed by atoms with Gasteiger partial charge in [0.1, 0.15) is 0 Å². The maximum absolute atomic E-state index is 13.2. The van der Waals surface area contributed by atoms with E-state index >= 15 is 0 Å². The molecule has 7 heteroatoms. The molecule has 0 aliphatic heterocycles. The van der Waals surface area contributed by atoms with E-state index in [1.807, 2.05) is 11.9 Å². The molecule has 0 aromatic carbocycles. The van der Waals surface area contributed by atoms with Crippen molar-refractivity contribution in [3.63, 3.8) is 0 Å². The third-order valence-corrected chi connectivity index (χ3v) is 2.96. The van der Waals surface area contributed by atoms with Gasteiger partial charge in [-0.3, -0.25) is 19.3 Å². The van der Waals surface area contributed by atoms with Crippen LogP contribution < -0.4 is 17.0 Å². The minimum absolute atomic E-state index is 0.0445. The molecule has 2 aromatic rings. The predicted molar refractivity (Wildman–Crippen MR) is 68.5 cm³/mol. The van der Waals surface area contributed by atoms with Crippen molar-refractivity contribution in [2.45, 2.75) is 20.4 Å². The maximum Gasteiger partial charge on any atom is 0.328 e. The standard InChI is InChI=1S/C12H13FN4O2/c1-6-3-15-9(7(2)10(6)14)5-17-4-8(13)11(18)16-12(17)19/h3-4H,5H2,1-2H3,(H2,14,15)(H,16,18,19). The Morgan fingerprint density at radius 2 is 2.11 bits per heavy atom. The number of nitrogens with zero attached hydrogens (tertiary/aromatic N) is 2. The second-order valence-corrected chi connectivity index (χ2v) is 4.29. The van der Waals surface area contributed by atoms with E-state index in [1.165, 1.54) is 0 Å². The van der Waals surface area contributed by atoms with Crippen LogP contribution >= 0.6 is 0 Å². The molecular formula is C12H13FN4O2. The lowest BCUT2D eigenvalue weighted by Gasteiger charge is -2.11. The molecule has 6 nitrogen and oxygen atoms in total. The molecule has 2 rings (SSSR count). The first-order chi connectivity index (χ1) is 8.90. The molecule has 0 amide bonds. The van der Waals surface area contributed by atoms with Crippen LogP contribution in [0.5, 0.6) is 0 Å². The summed E-state index contributed by atoms with van der Waals surface area (Å²) >= 11 is 0. The number of rotatable bonds is 2. The normalized spacial score (nSPS) is 10.7. The Labute approximate surface area is 107 Å². The van der Waals surface area contributed by atoms with Gasteiger partial charge in [0.05, 0.1) is 18.4 Å². The predicted octanol–water partition coefficient (Wildman–Crippen LogP) is 0.318. The van der Waals surface area contributed by atoms with Crippen molar-refractivity contribution in [1.29, 1.82) is 0 Å². The largest absolute Gasteiger partial charge is 0.398 e. The molecule has 0 radical (unpaired) electrons. The quantitative estimate of drug-likeness (QED) is 0.816. The molecule has 0 fully saturated rings. The molecule has 3 N–H and O–H groups in total. The Morgan fingerprint density at radius 1 is 1.42 bits per heavy atom. The van der Waals surface area contributed by atoms with E-state index < -0.39 is 17.1 Å². The summed E-state index contributed by atoms with van der Waals surface area (Å²) in [6, 6.07) is 0. The minimum Gasteiger partial charge on any atom is -0.398 e. The van der Waals surface area contributed by atoms with Gasteiger partial charge in [-0.05, 0) is 25.0 Å². The highest BCUT2D eigenvalue weighted by molar-refractivity contribution is 5.53. The lowest BCUT2D eigenvalue weighted by Crippen LogP contribution is -2.32. The lowest BCUT2D eigenvalue weighted by molar-refractivity contribution is 0.563. The second-order valence-electron chi connectivity index (χ2n) is 4.29. The first-order valence-corrected chi connectivity index (χ1v) is 5.60. The number of nitrogen functional groups attached to an aromatic ring is 1. The van der Waals surface area contributed by atoms with Crippen LogP contribution in [0.2, 0.25) is 0 Å². The number of aryl methyl sites for hydroxylation is 1. The van der Waals surface area contributed by atoms with E-state index in [0.717, 1.165) is 21.9 Å². The highest BCUT2D eigenvalue weighted by Crippen LogP contribution is 2.18. The van der Waals surface area contributed by atoms with E-state index in [9.17, 15) is 14.0 Å². The highest BCUT2D eigenvalue weighted by Gasteiger charge is 2.09. The Morgan fingerprint density at radius 3 is 2.79 bits per heavy atom. The minimum atomic E-state index is -1.03. The summed E-state index contributed by atoms with van der Waals surface area (Å²) in [5.41, 5.74) is 6.86. The number of aromatic amines is 1. The fourth-order valence-corrected chi connectivity index (χ4v) is 1.71. The SMILES string of the molecule is Cc1cnc(Cn2cc(F)c(=O)[nH]c2=O)c(C)c1N. The molecule has 2 aromatic heterocycles. The molecule has 100 valence electrons. The summed E-state index contributed by atoms with van der Waals surface area (Å²) in [5, 5.41) is 0. The van der Waals surface area contributed by atoms with Gasteiger partial charge in [-0.25, -0.2) is 4.79 Å². The van der Waals surface area contributed by atoms with Gasteiger partial charge in [-0.1, -0.05) is 0 Å². The fraction of sp³-hybridized carbons (Fsp3) is 0.250. The summed E-state index contributed by atoms with van der Waals surface area (Å²) in [4.78, 5) is 28.5. The number of aromatic nitrogens is 3. The molecule has 0 saturated carbocycles. The van der Waals surface area contributed by atoms with Crippen molar-refractivity contribution in [2.75, 3.05) is 5.73 Å². The van der Waals surface area contributed by atoms with Gasteiger partial charge in [0.25, 0.3) is 5.56 Å². The Kier molecular flexibility index (Phi) is 3.20. The number of nitrogens with one attached hydrogen (secondary N) is 1. The molecule has 0 bridgehead atoms. The Hall–Kier alpha value is -2.44. The van der Waals surface area contributed by atoms with Crippen LogP contribution in [0.4, 0.5) is 10.1 Å². The zero-order valence-corrected chi connectivity index (χ0v) is 10.5. The Balaban J connectivity index is 2.48. The molecule has 0 unspecified atom stereocenters. The number of anilines is 1. The van der Waals surface area contributed by atoms with Crippen molar-refractivity contribution >= 4 is 5.69 Å². The topological polar surface area (TPSA) is 93.8 Å². The van der Waals surface area contributed by atoms with Crippen LogP contribution in [0.1, 0.15) is 16.8 Å². The molecule has 2 heterocycles. The second kappa shape index (κ2) is 4.68. The fourth-order valence-electron chi connectivity index (χ4n) is 1.71. The van der Waals surface area contributed by atoms with Crippen molar-refractivity contribution < 1.29 is 4.39 Å². The van der Waals surface area contributed by atoms with E-state index in [1.54, 1.807) is 13.1 Å². The van der Waals surface area contributed by atoms with Crippen molar-refractivity contribution in [3.05, 3.63) is 55.9 Å². The van der Waals surface area contributed by atoms with Gasteiger partial charge in [-0.2, -0.15) is 4.39 Å². The molecular weight excluding hydrogens is 251 g/mol. The number of pyridine rings is 1. The van der Waals surface area contributed by atoms with Gasteiger partial charge >= 0.3 is 5.69 Å². The summed E-state index contributed by atoms with van der Waals surface area (Å²) in [6.45, 7) is 3.64. The molecule has 0 saturated heterocycles. The third kappa shape index (κ3) is 2.40. The highest BCUT2D eigenvalue weighted by atomic mass is 19.1. The smallest absolute Gasteiger partial charge is 0.328 e. The average molecular weight is 264 g/mol. The van der Waals surface area contributed by atoms with Crippen LogP contribution in [0.3, 0.4) is 0 Å². The number of hydrogen-bond donors (Lipinski definition) is 2. The van der Waals surface area contributed by atoms with Crippen LogP contribution in [0.15, 0.2) is 22.0 Å². The number of nitrogens with two attached hydrogens (primary N) is 1. The van der Waals surface area contributed by atoms with E-state index in [2.05, 4.69) is 4.98 Å². The molecule has 0 spiro atoms. The third-order valence-electron chi connectivity index (χ3n) is 2.96. The van der Waals surface area contributed by atoms with Gasteiger partial charge in [0.15, 0.2) is 0 Å². The van der Waals surface area contributed by atoms with Crippen LogP contribution in [-0.4, -0.2) is 14.5 Å². The van der Waals surface area contributed by atoms with Crippen molar-refractivity contribution in [3.8, 4) is 0 Å². The Bertz CT molecular complexity index is 748.